The van der Waals surface area contributed by atoms with Crippen LogP contribution in [0.25, 0.3) is 5.69 Å². The Balaban J connectivity index is 0.00000245. The van der Waals surface area contributed by atoms with Gasteiger partial charge < -0.3 is 15.0 Å². The maximum Gasteiger partial charge on any atom is 0.263 e. The number of hydrogen-bond acceptors (Lipinski definition) is 7. The number of nitrogens with zero attached hydrogens (tertiary/aromatic N) is 6. The highest BCUT2D eigenvalue weighted by Crippen LogP contribution is 2.30. The summed E-state index contributed by atoms with van der Waals surface area (Å²) in [6.07, 6.45) is 2.34. The number of alkyl halides is 2. The lowest BCUT2D eigenvalue weighted by Crippen LogP contribution is -2.56. The van der Waals surface area contributed by atoms with Crippen LogP contribution < -0.4 is 10.2 Å². The predicted molar refractivity (Wildman–Crippen MR) is 114 cm³/mol. The maximum atomic E-state index is 13.6. The van der Waals surface area contributed by atoms with Crippen molar-refractivity contribution in [3.8, 4) is 5.69 Å². The van der Waals surface area contributed by atoms with Crippen LogP contribution in [0.3, 0.4) is 0 Å². The van der Waals surface area contributed by atoms with Crippen LogP contribution in [0.2, 0.25) is 0 Å². The van der Waals surface area contributed by atoms with Crippen molar-refractivity contribution in [3.63, 3.8) is 0 Å². The Labute approximate surface area is 179 Å². The lowest BCUT2D eigenvalue weighted by atomic mass is 10.1. The van der Waals surface area contributed by atoms with Gasteiger partial charge in [-0.25, -0.2) is 13.5 Å². The zero-order valence-corrected chi connectivity index (χ0v) is 16.9. The average molecular weight is 429 g/mol. The van der Waals surface area contributed by atoms with E-state index in [9.17, 15) is 8.78 Å². The first-order valence-electron chi connectivity index (χ1n) is 10.2. The van der Waals surface area contributed by atoms with E-state index in [1.165, 1.54) is 6.07 Å². The number of pyridine rings is 1. The fourth-order valence-corrected chi connectivity index (χ4v) is 3.86. The molecule has 5 rings (SSSR count). The SMILES string of the molecule is FC(F)c1cc(Nc2ncn(-c3cccnc3)n2)cc(N2CCN(C3COC3)CC2)c1.[HH]. The average Bonchev–Trinajstić information content (AvgIpc) is 3.22. The van der Waals surface area contributed by atoms with E-state index in [0.29, 0.717) is 17.7 Å². The highest BCUT2D eigenvalue weighted by molar-refractivity contribution is 5.64. The van der Waals surface area contributed by atoms with E-state index in [1.807, 2.05) is 12.1 Å². The molecule has 0 bridgehead atoms. The third kappa shape index (κ3) is 4.35. The fourth-order valence-electron chi connectivity index (χ4n) is 3.86. The summed E-state index contributed by atoms with van der Waals surface area (Å²) >= 11 is 0. The summed E-state index contributed by atoms with van der Waals surface area (Å²) in [5.74, 6) is 0.330. The summed E-state index contributed by atoms with van der Waals surface area (Å²) in [5.41, 5.74) is 2.05. The molecule has 0 saturated carbocycles. The summed E-state index contributed by atoms with van der Waals surface area (Å²) in [6, 6.07) is 9.04. The predicted octanol–water partition coefficient (Wildman–Crippen LogP) is 3.11. The van der Waals surface area contributed by atoms with E-state index in [-0.39, 0.29) is 6.99 Å². The molecule has 2 aromatic heterocycles. The molecular weight excluding hydrogens is 404 g/mol. The Morgan fingerprint density at radius 2 is 1.94 bits per heavy atom. The lowest BCUT2D eigenvalue weighted by molar-refractivity contribution is -0.0660. The summed E-state index contributed by atoms with van der Waals surface area (Å²) in [5, 5.41) is 7.44. The van der Waals surface area contributed by atoms with Crippen molar-refractivity contribution < 1.29 is 14.9 Å². The first kappa shape index (κ1) is 19.8. The molecule has 2 aliphatic heterocycles. The second kappa shape index (κ2) is 8.56. The second-order valence-corrected chi connectivity index (χ2v) is 7.68. The monoisotopic (exact) mass is 429 g/mol. The third-order valence-electron chi connectivity index (χ3n) is 5.67. The molecule has 1 N–H and O–H groups in total. The number of piperazine rings is 1. The van der Waals surface area contributed by atoms with Gasteiger partial charge in [0.05, 0.1) is 31.1 Å². The molecule has 2 aliphatic rings. The van der Waals surface area contributed by atoms with Crippen molar-refractivity contribution in [2.75, 3.05) is 49.6 Å². The van der Waals surface area contributed by atoms with Crippen LogP contribution in [0.15, 0.2) is 49.1 Å². The summed E-state index contributed by atoms with van der Waals surface area (Å²) in [6.45, 7) is 4.94. The molecule has 3 aromatic rings. The largest absolute Gasteiger partial charge is 0.378 e. The Morgan fingerprint density at radius 1 is 1.10 bits per heavy atom. The van der Waals surface area contributed by atoms with E-state index >= 15 is 0 Å². The minimum absolute atomic E-state index is 0. The maximum absolute atomic E-state index is 13.6. The van der Waals surface area contributed by atoms with E-state index in [4.69, 9.17) is 4.74 Å². The highest BCUT2D eigenvalue weighted by Gasteiger charge is 2.29. The van der Waals surface area contributed by atoms with Gasteiger partial charge in [0.2, 0.25) is 5.95 Å². The molecule has 0 unspecified atom stereocenters. The van der Waals surface area contributed by atoms with Gasteiger partial charge in [-0.3, -0.25) is 9.88 Å². The molecule has 2 saturated heterocycles. The Bertz CT molecular complexity index is 1020. The number of nitrogens with one attached hydrogen (secondary N) is 1. The van der Waals surface area contributed by atoms with Gasteiger partial charge >= 0.3 is 0 Å². The van der Waals surface area contributed by atoms with Gasteiger partial charge in [0.15, 0.2) is 0 Å². The lowest BCUT2D eigenvalue weighted by Gasteiger charge is -2.43. The molecular formula is C21H25F2N7O. The van der Waals surface area contributed by atoms with Gasteiger partial charge in [-0.2, -0.15) is 4.98 Å². The van der Waals surface area contributed by atoms with Crippen molar-refractivity contribution in [1.82, 2.24) is 24.6 Å². The number of hydrogen-bond donors (Lipinski definition) is 1. The Hall–Kier alpha value is -3.11. The molecule has 0 amide bonds. The van der Waals surface area contributed by atoms with Gasteiger partial charge in [-0.1, -0.05) is 0 Å². The molecule has 0 spiro atoms. The van der Waals surface area contributed by atoms with Gasteiger partial charge in [0.1, 0.15) is 6.33 Å². The molecule has 4 heterocycles. The zero-order valence-electron chi connectivity index (χ0n) is 16.9. The third-order valence-corrected chi connectivity index (χ3v) is 5.67. The van der Waals surface area contributed by atoms with Crippen LogP contribution in [-0.2, 0) is 4.74 Å². The van der Waals surface area contributed by atoms with E-state index < -0.39 is 6.43 Å². The van der Waals surface area contributed by atoms with Crippen molar-refractivity contribution >= 4 is 17.3 Å². The topological polar surface area (TPSA) is 71.3 Å². The molecule has 8 nitrogen and oxygen atoms in total. The number of benzene rings is 1. The van der Waals surface area contributed by atoms with E-state index in [1.54, 1.807) is 35.5 Å². The molecule has 164 valence electrons. The molecule has 10 heteroatoms. The molecule has 0 radical (unpaired) electrons. The van der Waals surface area contributed by atoms with Crippen molar-refractivity contribution in [1.29, 1.82) is 0 Å². The van der Waals surface area contributed by atoms with Crippen molar-refractivity contribution in [3.05, 3.63) is 54.6 Å². The molecule has 0 aliphatic carbocycles. The van der Waals surface area contributed by atoms with Crippen LogP contribution in [0.4, 0.5) is 26.1 Å². The van der Waals surface area contributed by atoms with Crippen molar-refractivity contribution in [2.24, 2.45) is 0 Å². The van der Waals surface area contributed by atoms with Crippen molar-refractivity contribution in [2.45, 2.75) is 12.5 Å². The van der Waals surface area contributed by atoms with E-state index in [0.717, 1.165) is 50.8 Å². The van der Waals surface area contributed by atoms with Crippen LogP contribution in [-0.4, -0.2) is 70.1 Å². The first-order chi connectivity index (χ1) is 15.2. The van der Waals surface area contributed by atoms with Gasteiger partial charge in [-0.05, 0) is 30.3 Å². The van der Waals surface area contributed by atoms with Gasteiger partial charge in [-0.15, -0.1) is 5.10 Å². The van der Waals surface area contributed by atoms with Gasteiger partial charge in [0, 0.05) is 50.7 Å². The number of rotatable bonds is 6. The van der Waals surface area contributed by atoms with E-state index in [2.05, 4.69) is 30.2 Å². The summed E-state index contributed by atoms with van der Waals surface area (Å²) in [4.78, 5) is 12.9. The normalized spacial score (nSPS) is 17.7. The second-order valence-electron chi connectivity index (χ2n) is 7.68. The number of anilines is 3. The zero-order chi connectivity index (χ0) is 21.2. The van der Waals surface area contributed by atoms with Crippen LogP contribution in [0.1, 0.15) is 13.4 Å². The molecule has 2 fully saturated rings. The Morgan fingerprint density at radius 3 is 2.61 bits per heavy atom. The van der Waals surface area contributed by atoms with Crippen LogP contribution in [0.5, 0.6) is 0 Å². The Kier molecular flexibility index (Phi) is 5.47. The summed E-state index contributed by atoms with van der Waals surface area (Å²) < 4.78 is 34.0. The molecule has 1 aromatic carbocycles. The molecule has 0 atom stereocenters. The van der Waals surface area contributed by atoms with Crippen LogP contribution >= 0.6 is 0 Å². The fraction of sp³-hybridized carbons (Fsp3) is 0.381. The highest BCUT2D eigenvalue weighted by atomic mass is 19.3. The number of halogens is 2. The minimum Gasteiger partial charge on any atom is -0.378 e. The van der Waals surface area contributed by atoms with Crippen LogP contribution in [0, 0.1) is 0 Å². The number of aromatic nitrogens is 4. The van der Waals surface area contributed by atoms with Gasteiger partial charge in [0.25, 0.3) is 6.43 Å². The summed E-state index contributed by atoms with van der Waals surface area (Å²) in [7, 11) is 0. The standard InChI is InChI=1S/C21H23F2N7O.H2/c22-20(23)15-8-16(26-21-25-14-30(27-21)17-2-1-3-24-11-17)10-18(9-15)28-4-6-29(7-5-28)19-12-31-13-19;/h1-3,8-11,14,19-20H,4-7,12-13H2,(H,26,27);1H. The molecule has 31 heavy (non-hydrogen) atoms. The minimum atomic E-state index is -2.56. The first-order valence-corrected chi connectivity index (χ1v) is 10.2. The quantitative estimate of drug-likeness (QED) is 0.646. The number of ether oxygens (including phenoxy) is 1. The smallest absolute Gasteiger partial charge is 0.263 e.